The third-order valence-electron chi connectivity index (χ3n) is 5.25. The number of hydrogen-bond acceptors (Lipinski definition) is 7. The van der Waals surface area contributed by atoms with E-state index in [9.17, 15) is 14.4 Å². The highest BCUT2D eigenvalue weighted by atomic mass is 16.6. The summed E-state index contributed by atoms with van der Waals surface area (Å²) >= 11 is 0. The second kappa shape index (κ2) is 9.07. The Morgan fingerprint density at radius 1 is 0.765 bits per heavy atom. The van der Waals surface area contributed by atoms with Crippen LogP contribution in [0, 0.1) is 0 Å². The lowest BCUT2D eigenvalue weighted by molar-refractivity contribution is -0.147. The van der Waals surface area contributed by atoms with E-state index >= 15 is 0 Å². The molecule has 5 rings (SSSR count). The minimum atomic E-state index is -0.630. The number of ether oxygens (including phenoxy) is 2. The normalized spacial score (nSPS) is 10.9. The van der Waals surface area contributed by atoms with Crippen LogP contribution >= 0.6 is 0 Å². The first-order valence-corrected chi connectivity index (χ1v) is 10.5. The molecular weight excluding hydrogens is 436 g/mol. The minimum absolute atomic E-state index is 0.146. The van der Waals surface area contributed by atoms with Gasteiger partial charge in [0.15, 0.2) is 6.61 Å². The van der Waals surface area contributed by atoms with Crippen LogP contribution in [0.3, 0.4) is 0 Å². The van der Waals surface area contributed by atoms with Gasteiger partial charge in [0.2, 0.25) is 0 Å². The first-order valence-electron chi connectivity index (χ1n) is 10.5. The second-order valence-electron chi connectivity index (χ2n) is 7.56. The molecule has 7 heteroatoms. The van der Waals surface area contributed by atoms with Gasteiger partial charge in [-0.15, -0.1) is 0 Å². The van der Waals surface area contributed by atoms with Gasteiger partial charge in [-0.1, -0.05) is 48.5 Å². The zero-order valence-electron chi connectivity index (χ0n) is 17.9. The predicted octanol–water partition coefficient (Wildman–Crippen LogP) is 4.69. The minimum Gasteiger partial charge on any atom is -0.482 e. The number of fused-ring (bicyclic) bond motifs is 2. The van der Waals surface area contributed by atoms with Crippen LogP contribution in [-0.4, -0.2) is 12.6 Å². The summed E-state index contributed by atoms with van der Waals surface area (Å²) in [6.45, 7) is -0.163. The molecule has 3 aromatic carbocycles. The molecule has 0 aliphatic carbocycles. The molecule has 0 aliphatic rings. The van der Waals surface area contributed by atoms with Crippen molar-refractivity contribution in [1.29, 1.82) is 0 Å². The molecule has 0 radical (unpaired) electrons. The first-order chi connectivity index (χ1) is 16.6. The van der Waals surface area contributed by atoms with Crippen LogP contribution in [0.1, 0.15) is 5.56 Å². The highest BCUT2D eigenvalue weighted by Crippen LogP contribution is 2.29. The molecule has 34 heavy (non-hydrogen) atoms. The molecule has 2 aromatic heterocycles. The Hall–Kier alpha value is -4.65. The maximum atomic E-state index is 12.6. The summed E-state index contributed by atoms with van der Waals surface area (Å²) in [6.07, 6.45) is 0. The average molecular weight is 454 g/mol. The molecule has 0 amide bonds. The Morgan fingerprint density at radius 2 is 1.56 bits per heavy atom. The number of rotatable bonds is 6. The number of esters is 1. The average Bonchev–Trinajstić information content (AvgIpc) is 2.85. The van der Waals surface area contributed by atoms with E-state index in [0.717, 1.165) is 10.9 Å². The van der Waals surface area contributed by atoms with Gasteiger partial charge in [-0.25, -0.2) is 14.4 Å². The van der Waals surface area contributed by atoms with E-state index < -0.39 is 17.2 Å². The summed E-state index contributed by atoms with van der Waals surface area (Å²) in [5.41, 5.74) is 0.980. The third-order valence-corrected chi connectivity index (χ3v) is 5.25. The standard InChI is InChI=1S/C27H18O7/c28-25-14-21(22-12-18-8-4-5-9-23(18)34-27(22)30)20-11-10-19(13-24(20)33-25)31-16-26(29)32-15-17-6-2-1-3-7-17/h1-14H,15-16H2. The van der Waals surface area contributed by atoms with Gasteiger partial charge in [-0.05, 0) is 29.8 Å². The third kappa shape index (κ3) is 4.45. The number of carbonyl (C=O) groups excluding carboxylic acids is 1. The molecule has 5 aromatic rings. The quantitative estimate of drug-likeness (QED) is 0.271. The molecule has 0 unspecified atom stereocenters. The predicted molar refractivity (Wildman–Crippen MR) is 126 cm³/mol. The molecule has 168 valence electrons. The SMILES string of the molecule is O=C(COc1ccc2c(-c3cc4ccccc4oc3=O)cc(=O)oc2c1)OCc1ccccc1. The molecule has 0 N–H and O–H groups in total. The summed E-state index contributed by atoms with van der Waals surface area (Å²) in [6, 6.07) is 24.1. The van der Waals surface area contributed by atoms with Crippen LogP contribution < -0.4 is 16.0 Å². The van der Waals surface area contributed by atoms with Crippen molar-refractivity contribution in [2.75, 3.05) is 6.61 Å². The van der Waals surface area contributed by atoms with Crippen LogP contribution in [0.15, 0.2) is 103 Å². The van der Waals surface area contributed by atoms with Crippen molar-refractivity contribution < 1.29 is 23.1 Å². The number of benzene rings is 3. The Kier molecular flexibility index (Phi) is 5.66. The zero-order valence-corrected chi connectivity index (χ0v) is 17.9. The Balaban J connectivity index is 1.39. The second-order valence-corrected chi connectivity index (χ2v) is 7.56. The van der Waals surface area contributed by atoms with Gasteiger partial charge in [-0.3, -0.25) is 0 Å². The van der Waals surface area contributed by atoms with Crippen LogP contribution in [0.2, 0.25) is 0 Å². The maximum Gasteiger partial charge on any atom is 0.344 e. The molecular formula is C27H18O7. The van der Waals surface area contributed by atoms with Crippen LogP contribution in [0.4, 0.5) is 0 Å². The van der Waals surface area contributed by atoms with Crippen molar-refractivity contribution in [3.63, 3.8) is 0 Å². The van der Waals surface area contributed by atoms with E-state index in [1.807, 2.05) is 42.5 Å². The topological polar surface area (TPSA) is 96.0 Å². The van der Waals surface area contributed by atoms with Gasteiger partial charge in [0.25, 0.3) is 0 Å². The molecule has 0 fully saturated rings. The Morgan fingerprint density at radius 3 is 2.41 bits per heavy atom. The van der Waals surface area contributed by atoms with Crippen molar-refractivity contribution in [2.24, 2.45) is 0 Å². The van der Waals surface area contributed by atoms with Crippen molar-refractivity contribution in [1.82, 2.24) is 0 Å². The van der Waals surface area contributed by atoms with E-state index in [2.05, 4.69) is 0 Å². The van der Waals surface area contributed by atoms with Crippen LogP contribution in [0.5, 0.6) is 5.75 Å². The highest BCUT2D eigenvalue weighted by Gasteiger charge is 2.15. The monoisotopic (exact) mass is 454 g/mol. The van der Waals surface area contributed by atoms with Crippen LogP contribution in [0.25, 0.3) is 33.1 Å². The molecule has 0 saturated carbocycles. The van der Waals surface area contributed by atoms with Crippen molar-refractivity contribution in [3.05, 3.63) is 111 Å². The summed E-state index contributed by atoms with van der Waals surface area (Å²) in [5.74, 6) is -0.220. The molecule has 0 bridgehead atoms. The Labute approximate surface area is 192 Å². The molecule has 0 atom stereocenters. The lowest BCUT2D eigenvalue weighted by Crippen LogP contribution is -2.14. The number of para-hydroxylation sites is 1. The summed E-state index contributed by atoms with van der Waals surface area (Å²) in [4.78, 5) is 36.9. The lowest BCUT2D eigenvalue weighted by Gasteiger charge is -2.09. The van der Waals surface area contributed by atoms with E-state index in [1.54, 1.807) is 30.3 Å². The Bertz CT molecular complexity index is 1610. The number of hydrogen-bond donors (Lipinski definition) is 0. The zero-order chi connectivity index (χ0) is 23.5. The fraction of sp³-hybridized carbons (Fsp3) is 0.0741. The van der Waals surface area contributed by atoms with Crippen molar-refractivity contribution in [3.8, 4) is 16.9 Å². The number of carbonyl (C=O) groups is 1. The van der Waals surface area contributed by atoms with E-state index in [1.165, 1.54) is 12.1 Å². The van der Waals surface area contributed by atoms with Crippen molar-refractivity contribution in [2.45, 2.75) is 6.61 Å². The van der Waals surface area contributed by atoms with Gasteiger partial charge >= 0.3 is 17.2 Å². The largest absolute Gasteiger partial charge is 0.482 e. The van der Waals surface area contributed by atoms with Gasteiger partial charge in [-0.2, -0.15) is 0 Å². The van der Waals surface area contributed by atoms with Gasteiger partial charge in [0, 0.05) is 28.5 Å². The van der Waals surface area contributed by atoms with E-state index in [4.69, 9.17) is 18.3 Å². The molecule has 7 nitrogen and oxygen atoms in total. The first kappa shape index (κ1) is 21.2. The molecule has 0 spiro atoms. The summed E-state index contributed by atoms with van der Waals surface area (Å²) in [7, 11) is 0. The fourth-order valence-corrected chi connectivity index (χ4v) is 3.63. The van der Waals surface area contributed by atoms with Crippen LogP contribution in [-0.2, 0) is 16.1 Å². The molecule has 0 aliphatic heterocycles. The van der Waals surface area contributed by atoms with Crippen molar-refractivity contribution >= 4 is 27.9 Å². The van der Waals surface area contributed by atoms with Gasteiger partial charge in [0.1, 0.15) is 23.5 Å². The lowest BCUT2D eigenvalue weighted by atomic mass is 10.0. The van der Waals surface area contributed by atoms with E-state index in [0.29, 0.717) is 22.3 Å². The van der Waals surface area contributed by atoms with E-state index in [-0.39, 0.29) is 24.4 Å². The maximum absolute atomic E-state index is 12.6. The highest BCUT2D eigenvalue weighted by molar-refractivity contribution is 5.95. The van der Waals surface area contributed by atoms with Gasteiger partial charge < -0.3 is 18.3 Å². The summed E-state index contributed by atoms with van der Waals surface area (Å²) < 4.78 is 21.4. The fourth-order valence-electron chi connectivity index (χ4n) is 3.63. The molecule has 0 saturated heterocycles. The summed E-state index contributed by atoms with van der Waals surface area (Å²) in [5, 5.41) is 1.26. The molecule has 2 heterocycles. The smallest absolute Gasteiger partial charge is 0.344 e. The van der Waals surface area contributed by atoms with Gasteiger partial charge in [0.05, 0.1) is 5.56 Å².